The lowest BCUT2D eigenvalue weighted by atomic mass is 10.0. The lowest BCUT2D eigenvalue weighted by Gasteiger charge is -2.23. The van der Waals surface area contributed by atoms with E-state index in [-0.39, 0.29) is 0 Å². The summed E-state index contributed by atoms with van der Waals surface area (Å²) >= 11 is 0. The number of aryl methyl sites for hydroxylation is 1. The van der Waals surface area contributed by atoms with Crippen LogP contribution in [0, 0.1) is 6.92 Å². The van der Waals surface area contributed by atoms with E-state index in [1.54, 1.807) is 7.11 Å². The molecule has 1 rings (SSSR count). The SMILES string of the molecule is C=CCN(CC=C)CC(O)c1cc(C)ccc1OC. The minimum atomic E-state index is -0.588. The van der Waals surface area contributed by atoms with Gasteiger partial charge in [-0.25, -0.2) is 0 Å². The van der Waals surface area contributed by atoms with Gasteiger partial charge in [0.2, 0.25) is 0 Å². The Bertz CT molecular complexity index is 419. The van der Waals surface area contributed by atoms with Crippen LogP contribution in [0.3, 0.4) is 0 Å². The lowest BCUT2D eigenvalue weighted by Crippen LogP contribution is -2.29. The zero-order valence-electron chi connectivity index (χ0n) is 11.8. The van der Waals surface area contributed by atoms with Crippen molar-refractivity contribution in [2.24, 2.45) is 0 Å². The minimum Gasteiger partial charge on any atom is -0.496 e. The molecule has 1 unspecified atom stereocenters. The number of aliphatic hydroxyl groups is 1. The van der Waals surface area contributed by atoms with E-state index in [4.69, 9.17) is 4.74 Å². The highest BCUT2D eigenvalue weighted by atomic mass is 16.5. The van der Waals surface area contributed by atoms with Crippen LogP contribution in [-0.4, -0.2) is 36.8 Å². The molecule has 0 aliphatic rings. The van der Waals surface area contributed by atoms with E-state index in [0.717, 1.165) is 30.0 Å². The number of hydrogen-bond donors (Lipinski definition) is 1. The number of methoxy groups -OCH3 is 1. The summed E-state index contributed by atoms with van der Waals surface area (Å²) in [6, 6.07) is 5.82. The summed E-state index contributed by atoms with van der Waals surface area (Å²) in [4.78, 5) is 2.08. The third-order valence-corrected chi connectivity index (χ3v) is 2.95. The second-order valence-corrected chi connectivity index (χ2v) is 4.56. The first-order valence-corrected chi connectivity index (χ1v) is 6.39. The number of ether oxygens (including phenoxy) is 1. The maximum Gasteiger partial charge on any atom is 0.124 e. The van der Waals surface area contributed by atoms with Crippen molar-refractivity contribution < 1.29 is 9.84 Å². The molecule has 19 heavy (non-hydrogen) atoms. The fourth-order valence-electron chi connectivity index (χ4n) is 2.05. The number of benzene rings is 1. The van der Waals surface area contributed by atoms with Gasteiger partial charge in [-0.15, -0.1) is 13.2 Å². The van der Waals surface area contributed by atoms with Gasteiger partial charge in [0.1, 0.15) is 5.75 Å². The Hall–Kier alpha value is -1.58. The van der Waals surface area contributed by atoms with E-state index in [2.05, 4.69) is 18.1 Å². The van der Waals surface area contributed by atoms with Crippen molar-refractivity contribution in [3.05, 3.63) is 54.6 Å². The first-order chi connectivity index (χ1) is 9.12. The largest absolute Gasteiger partial charge is 0.496 e. The Balaban J connectivity index is 2.85. The highest BCUT2D eigenvalue weighted by Crippen LogP contribution is 2.26. The van der Waals surface area contributed by atoms with E-state index in [0.29, 0.717) is 6.54 Å². The summed E-state index contributed by atoms with van der Waals surface area (Å²) in [6.07, 6.45) is 3.06. The highest BCUT2D eigenvalue weighted by molar-refractivity contribution is 5.38. The topological polar surface area (TPSA) is 32.7 Å². The highest BCUT2D eigenvalue weighted by Gasteiger charge is 2.16. The molecule has 0 saturated heterocycles. The summed E-state index contributed by atoms with van der Waals surface area (Å²) in [5.41, 5.74) is 1.93. The predicted octanol–water partition coefficient (Wildman–Crippen LogP) is 2.71. The Morgan fingerprint density at radius 3 is 2.47 bits per heavy atom. The van der Waals surface area contributed by atoms with Crippen LogP contribution in [0.5, 0.6) is 5.75 Å². The molecule has 0 spiro atoms. The molecule has 0 heterocycles. The Labute approximate surface area is 115 Å². The van der Waals surface area contributed by atoms with Crippen LogP contribution in [-0.2, 0) is 0 Å². The molecule has 0 aliphatic carbocycles. The second kappa shape index (κ2) is 7.77. The first kappa shape index (κ1) is 15.5. The van der Waals surface area contributed by atoms with E-state index in [9.17, 15) is 5.11 Å². The molecule has 0 aromatic heterocycles. The quantitative estimate of drug-likeness (QED) is 0.730. The summed E-state index contributed by atoms with van der Waals surface area (Å²) in [7, 11) is 1.62. The smallest absolute Gasteiger partial charge is 0.124 e. The Morgan fingerprint density at radius 1 is 1.32 bits per heavy atom. The van der Waals surface area contributed by atoms with E-state index in [1.807, 2.05) is 37.3 Å². The maximum atomic E-state index is 10.4. The van der Waals surface area contributed by atoms with Gasteiger partial charge < -0.3 is 9.84 Å². The zero-order valence-corrected chi connectivity index (χ0v) is 11.8. The van der Waals surface area contributed by atoms with Crippen molar-refractivity contribution in [1.29, 1.82) is 0 Å². The first-order valence-electron chi connectivity index (χ1n) is 6.39. The van der Waals surface area contributed by atoms with Crippen molar-refractivity contribution >= 4 is 0 Å². The molecule has 1 aromatic carbocycles. The van der Waals surface area contributed by atoms with Gasteiger partial charge in [0, 0.05) is 25.2 Å². The molecule has 0 amide bonds. The van der Waals surface area contributed by atoms with Crippen LogP contribution >= 0.6 is 0 Å². The predicted molar refractivity (Wildman–Crippen MR) is 79.5 cm³/mol. The third kappa shape index (κ3) is 4.54. The van der Waals surface area contributed by atoms with Crippen molar-refractivity contribution in [3.63, 3.8) is 0 Å². The second-order valence-electron chi connectivity index (χ2n) is 4.56. The molecule has 3 nitrogen and oxygen atoms in total. The third-order valence-electron chi connectivity index (χ3n) is 2.95. The number of nitrogens with zero attached hydrogens (tertiary/aromatic N) is 1. The monoisotopic (exact) mass is 261 g/mol. The molecule has 3 heteroatoms. The average molecular weight is 261 g/mol. The normalized spacial score (nSPS) is 12.2. The average Bonchev–Trinajstić information content (AvgIpc) is 2.39. The number of aliphatic hydroxyl groups excluding tert-OH is 1. The molecule has 0 fully saturated rings. The van der Waals surface area contributed by atoms with Gasteiger partial charge in [-0.2, -0.15) is 0 Å². The molecule has 0 saturated carbocycles. The zero-order chi connectivity index (χ0) is 14.3. The van der Waals surface area contributed by atoms with E-state index < -0.39 is 6.10 Å². The molecule has 1 atom stereocenters. The van der Waals surface area contributed by atoms with Crippen LogP contribution in [0.15, 0.2) is 43.5 Å². The molecule has 104 valence electrons. The molecule has 1 aromatic rings. The number of hydrogen-bond acceptors (Lipinski definition) is 3. The molecular weight excluding hydrogens is 238 g/mol. The summed E-state index contributed by atoms with van der Waals surface area (Å²) in [5, 5.41) is 10.4. The Morgan fingerprint density at radius 2 is 1.95 bits per heavy atom. The van der Waals surface area contributed by atoms with Crippen LogP contribution in [0.1, 0.15) is 17.2 Å². The van der Waals surface area contributed by atoms with Crippen LogP contribution in [0.2, 0.25) is 0 Å². The summed E-state index contributed by atoms with van der Waals surface area (Å²) in [5.74, 6) is 0.718. The van der Waals surface area contributed by atoms with Crippen LogP contribution < -0.4 is 4.74 Å². The van der Waals surface area contributed by atoms with Gasteiger partial charge in [0.15, 0.2) is 0 Å². The van der Waals surface area contributed by atoms with E-state index >= 15 is 0 Å². The molecular formula is C16H23NO2. The van der Waals surface area contributed by atoms with Gasteiger partial charge in [-0.3, -0.25) is 4.90 Å². The van der Waals surface area contributed by atoms with Gasteiger partial charge in [-0.05, 0) is 19.1 Å². The van der Waals surface area contributed by atoms with Gasteiger partial charge >= 0.3 is 0 Å². The van der Waals surface area contributed by atoms with Crippen molar-refractivity contribution in [2.45, 2.75) is 13.0 Å². The minimum absolute atomic E-state index is 0.526. The number of rotatable bonds is 8. The fourth-order valence-corrected chi connectivity index (χ4v) is 2.05. The van der Waals surface area contributed by atoms with Crippen molar-refractivity contribution in [3.8, 4) is 5.75 Å². The maximum absolute atomic E-state index is 10.4. The van der Waals surface area contributed by atoms with Crippen LogP contribution in [0.25, 0.3) is 0 Å². The molecule has 0 aliphatic heterocycles. The molecule has 0 radical (unpaired) electrons. The van der Waals surface area contributed by atoms with E-state index in [1.165, 1.54) is 0 Å². The van der Waals surface area contributed by atoms with Crippen molar-refractivity contribution in [2.75, 3.05) is 26.7 Å². The standard InChI is InChI=1S/C16H23NO2/c1-5-9-17(10-6-2)12-15(18)14-11-13(3)7-8-16(14)19-4/h5-8,11,15,18H,1-2,9-10,12H2,3-4H3. The Kier molecular flexibility index (Phi) is 6.33. The van der Waals surface area contributed by atoms with Gasteiger partial charge in [-0.1, -0.05) is 23.8 Å². The molecule has 0 bridgehead atoms. The van der Waals surface area contributed by atoms with Gasteiger partial charge in [0.25, 0.3) is 0 Å². The summed E-state index contributed by atoms with van der Waals surface area (Å²) in [6.45, 7) is 11.4. The fraction of sp³-hybridized carbons (Fsp3) is 0.375. The van der Waals surface area contributed by atoms with Crippen molar-refractivity contribution in [1.82, 2.24) is 4.90 Å². The molecule has 1 N–H and O–H groups in total. The lowest BCUT2D eigenvalue weighted by molar-refractivity contribution is 0.123. The van der Waals surface area contributed by atoms with Gasteiger partial charge in [0.05, 0.1) is 13.2 Å². The van der Waals surface area contributed by atoms with Crippen LogP contribution in [0.4, 0.5) is 0 Å². The summed E-state index contributed by atoms with van der Waals surface area (Å²) < 4.78 is 5.30.